The van der Waals surface area contributed by atoms with Crippen LogP contribution in [0.25, 0.3) is 0 Å². The summed E-state index contributed by atoms with van der Waals surface area (Å²) >= 11 is 0. The number of rotatable bonds is 4. The van der Waals surface area contributed by atoms with Gasteiger partial charge in [-0.1, -0.05) is 6.07 Å². The van der Waals surface area contributed by atoms with E-state index in [0.29, 0.717) is 12.1 Å². The molecule has 0 bridgehead atoms. The van der Waals surface area contributed by atoms with E-state index in [1.807, 2.05) is 13.0 Å². The van der Waals surface area contributed by atoms with Gasteiger partial charge in [-0.3, -0.25) is 4.79 Å². The smallest absolute Gasteiger partial charge is 0.255 e. The van der Waals surface area contributed by atoms with Crippen molar-refractivity contribution in [2.45, 2.75) is 38.7 Å². The minimum absolute atomic E-state index is 0.0337. The first-order chi connectivity index (χ1) is 9.16. The lowest BCUT2D eigenvalue weighted by Crippen LogP contribution is -2.29. The van der Waals surface area contributed by atoms with Gasteiger partial charge in [-0.05, 0) is 50.3 Å². The molecule has 0 saturated carbocycles. The van der Waals surface area contributed by atoms with Gasteiger partial charge < -0.3 is 15.2 Å². The third-order valence-corrected chi connectivity index (χ3v) is 3.42. The van der Waals surface area contributed by atoms with Crippen LogP contribution in [-0.2, 0) is 4.74 Å². The van der Waals surface area contributed by atoms with Crippen molar-refractivity contribution in [2.24, 2.45) is 0 Å². The van der Waals surface area contributed by atoms with E-state index in [9.17, 15) is 9.90 Å². The van der Waals surface area contributed by atoms with Crippen LogP contribution in [0.4, 0.5) is 0 Å². The fourth-order valence-corrected chi connectivity index (χ4v) is 2.31. The van der Waals surface area contributed by atoms with Gasteiger partial charge in [0.05, 0.1) is 11.7 Å². The van der Waals surface area contributed by atoms with E-state index in [1.54, 1.807) is 12.1 Å². The molecule has 1 aromatic carbocycles. The average Bonchev–Trinajstić information content (AvgIpc) is 2.39. The second kappa shape index (κ2) is 6.57. The molecule has 1 fully saturated rings. The average molecular weight is 263 g/mol. The fraction of sp³-hybridized carbons (Fsp3) is 0.533. The SMILES string of the molecule is Cc1ccc(C(=O)NCCC2CCCCO2)c(O)c1. The number of amides is 1. The Balaban J connectivity index is 1.80. The number of ether oxygens (including phenoxy) is 1. The number of aryl methyl sites for hydroxylation is 1. The van der Waals surface area contributed by atoms with Crippen molar-refractivity contribution in [3.05, 3.63) is 29.3 Å². The lowest BCUT2D eigenvalue weighted by atomic mass is 10.1. The molecule has 1 aliphatic heterocycles. The van der Waals surface area contributed by atoms with Gasteiger partial charge in [0.2, 0.25) is 0 Å². The normalized spacial score (nSPS) is 19.1. The van der Waals surface area contributed by atoms with Crippen molar-refractivity contribution in [1.29, 1.82) is 0 Å². The van der Waals surface area contributed by atoms with Crippen LogP contribution in [0.3, 0.4) is 0 Å². The van der Waals surface area contributed by atoms with E-state index >= 15 is 0 Å². The first kappa shape index (κ1) is 13.9. The Morgan fingerprint density at radius 2 is 2.32 bits per heavy atom. The van der Waals surface area contributed by atoms with Crippen LogP contribution >= 0.6 is 0 Å². The van der Waals surface area contributed by atoms with Gasteiger partial charge in [-0.25, -0.2) is 0 Å². The minimum atomic E-state index is -0.228. The summed E-state index contributed by atoms with van der Waals surface area (Å²) in [5.41, 5.74) is 1.26. The van der Waals surface area contributed by atoms with Crippen LogP contribution in [0.2, 0.25) is 0 Å². The zero-order valence-corrected chi connectivity index (χ0v) is 11.3. The molecule has 4 heteroatoms. The van der Waals surface area contributed by atoms with Crippen LogP contribution in [0.5, 0.6) is 5.75 Å². The second-order valence-corrected chi connectivity index (χ2v) is 5.05. The highest BCUT2D eigenvalue weighted by molar-refractivity contribution is 5.96. The standard InChI is InChI=1S/C15H21NO3/c1-11-5-6-13(14(17)10-11)15(18)16-8-7-12-4-2-3-9-19-12/h5-6,10,12,17H,2-4,7-9H2,1H3,(H,16,18). The van der Waals surface area contributed by atoms with Crippen molar-refractivity contribution < 1.29 is 14.6 Å². The number of aromatic hydroxyl groups is 1. The van der Waals surface area contributed by atoms with Crippen molar-refractivity contribution in [3.63, 3.8) is 0 Å². The highest BCUT2D eigenvalue weighted by Crippen LogP contribution is 2.18. The van der Waals surface area contributed by atoms with E-state index in [4.69, 9.17) is 4.74 Å². The molecule has 1 amide bonds. The number of carbonyl (C=O) groups excluding carboxylic acids is 1. The molecule has 0 radical (unpaired) electrons. The molecular weight excluding hydrogens is 242 g/mol. The van der Waals surface area contributed by atoms with E-state index in [-0.39, 0.29) is 17.8 Å². The number of phenols is 1. The Labute approximate surface area is 113 Å². The first-order valence-corrected chi connectivity index (χ1v) is 6.86. The number of hydrogen-bond donors (Lipinski definition) is 2. The van der Waals surface area contributed by atoms with Crippen molar-refractivity contribution in [3.8, 4) is 5.75 Å². The van der Waals surface area contributed by atoms with Crippen molar-refractivity contribution >= 4 is 5.91 Å². The van der Waals surface area contributed by atoms with Crippen molar-refractivity contribution in [1.82, 2.24) is 5.32 Å². The quantitative estimate of drug-likeness (QED) is 0.877. The van der Waals surface area contributed by atoms with Crippen LogP contribution in [-0.4, -0.2) is 30.3 Å². The molecule has 2 N–H and O–H groups in total. The number of nitrogens with one attached hydrogen (secondary N) is 1. The molecule has 1 saturated heterocycles. The summed E-state index contributed by atoms with van der Waals surface area (Å²) in [6, 6.07) is 5.06. The summed E-state index contributed by atoms with van der Waals surface area (Å²) in [5, 5.41) is 12.6. The van der Waals surface area contributed by atoms with Gasteiger partial charge in [-0.15, -0.1) is 0 Å². The number of hydrogen-bond acceptors (Lipinski definition) is 3. The Kier molecular flexibility index (Phi) is 4.80. The summed E-state index contributed by atoms with van der Waals surface area (Å²) in [4.78, 5) is 11.9. The monoisotopic (exact) mass is 263 g/mol. The molecule has 0 spiro atoms. The van der Waals surface area contributed by atoms with Gasteiger partial charge in [0.1, 0.15) is 5.75 Å². The molecule has 0 aliphatic carbocycles. The molecule has 0 aromatic heterocycles. The lowest BCUT2D eigenvalue weighted by molar-refractivity contribution is 0.0117. The van der Waals surface area contributed by atoms with Gasteiger partial charge in [0.15, 0.2) is 0 Å². The highest BCUT2D eigenvalue weighted by Gasteiger charge is 2.15. The first-order valence-electron chi connectivity index (χ1n) is 6.86. The molecule has 2 rings (SSSR count). The fourth-order valence-electron chi connectivity index (χ4n) is 2.31. The molecular formula is C15H21NO3. The predicted molar refractivity (Wildman–Crippen MR) is 73.4 cm³/mol. The van der Waals surface area contributed by atoms with E-state index in [1.165, 1.54) is 6.42 Å². The van der Waals surface area contributed by atoms with Crippen LogP contribution < -0.4 is 5.32 Å². The number of phenolic OH excluding ortho intramolecular Hbond substituents is 1. The van der Waals surface area contributed by atoms with E-state index in [0.717, 1.165) is 31.4 Å². The molecule has 1 aromatic rings. The summed E-state index contributed by atoms with van der Waals surface area (Å²) in [6.45, 7) is 3.29. The molecule has 19 heavy (non-hydrogen) atoms. The van der Waals surface area contributed by atoms with Crippen LogP contribution in [0, 0.1) is 6.92 Å². The maximum absolute atomic E-state index is 11.9. The molecule has 104 valence electrons. The second-order valence-electron chi connectivity index (χ2n) is 5.05. The maximum atomic E-state index is 11.9. The van der Waals surface area contributed by atoms with Gasteiger partial charge >= 0.3 is 0 Å². The molecule has 1 unspecified atom stereocenters. The van der Waals surface area contributed by atoms with Gasteiger partial charge in [0.25, 0.3) is 5.91 Å². The molecule has 4 nitrogen and oxygen atoms in total. The number of benzene rings is 1. The highest BCUT2D eigenvalue weighted by atomic mass is 16.5. The summed E-state index contributed by atoms with van der Waals surface area (Å²) < 4.78 is 5.60. The maximum Gasteiger partial charge on any atom is 0.255 e. The summed E-state index contributed by atoms with van der Waals surface area (Å²) in [7, 11) is 0. The lowest BCUT2D eigenvalue weighted by Gasteiger charge is -2.22. The van der Waals surface area contributed by atoms with E-state index in [2.05, 4.69) is 5.32 Å². The number of carbonyl (C=O) groups is 1. The molecule has 1 atom stereocenters. The van der Waals surface area contributed by atoms with Crippen LogP contribution in [0.1, 0.15) is 41.6 Å². The largest absolute Gasteiger partial charge is 0.507 e. The van der Waals surface area contributed by atoms with Gasteiger partial charge in [-0.2, -0.15) is 0 Å². The van der Waals surface area contributed by atoms with E-state index < -0.39 is 0 Å². The third-order valence-electron chi connectivity index (χ3n) is 3.42. The summed E-state index contributed by atoms with van der Waals surface area (Å²) in [5.74, 6) is -0.195. The van der Waals surface area contributed by atoms with Crippen LogP contribution in [0.15, 0.2) is 18.2 Å². The van der Waals surface area contributed by atoms with Crippen molar-refractivity contribution in [2.75, 3.05) is 13.2 Å². The Hall–Kier alpha value is -1.55. The summed E-state index contributed by atoms with van der Waals surface area (Å²) in [6.07, 6.45) is 4.52. The molecule has 1 aliphatic rings. The minimum Gasteiger partial charge on any atom is -0.507 e. The zero-order chi connectivity index (χ0) is 13.7. The Morgan fingerprint density at radius 1 is 1.47 bits per heavy atom. The topological polar surface area (TPSA) is 58.6 Å². The Morgan fingerprint density at radius 3 is 3.00 bits per heavy atom. The molecule has 1 heterocycles. The third kappa shape index (κ3) is 3.96. The Bertz CT molecular complexity index is 439. The predicted octanol–water partition coefficient (Wildman–Crippen LogP) is 2.39. The van der Waals surface area contributed by atoms with Gasteiger partial charge in [0, 0.05) is 13.2 Å². The zero-order valence-electron chi connectivity index (χ0n) is 11.3.